The van der Waals surface area contributed by atoms with E-state index in [2.05, 4.69) is 10.0 Å². The molecule has 0 unspecified atom stereocenters. The SMILES string of the molecule is Cc1cccc(NS(=O)(=O)c2ccc(NC(=O)[C@@H](C)N(c3ccc4c(c3)OCCO4)S(C)(=O)=O)cc2)c1. The minimum absolute atomic E-state index is 0.00842. The molecule has 37 heavy (non-hydrogen) atoms. The summed E-state index contributed by atoms with van der Waals surface area (Å²) in [7, 11) is -7.69. The Kier molecular flexibility index (Phi) is 7.32. The van der Waals surface area contributed by atoms with E-state index in [-0.39, 0.29) is 10.6 Å². The number of nitrogens with one attached hydrogen (secondary N) is 2. The van der Waals surface area contributed by atoms with Crippen molar-refractivity contribution >= 4 is 43.0 Å². The van der Waals surface area contributed by atoms with Crippen LogP contribution in [0, 0.1) is 6.92 Å². The fraction of sp³-hybridized carbons (Fsp3) is 0.240. The molecule has 0 saturated carbocycles. The monoisotopic (exact) mass is 545 g/mol. The fourth-order valence-corrected chi connectivity index (χ4v) is 6.08. The van der Waals surface area contributed by atoms with Crippen molar-refractivity contribution < 1.29 is 31.1 Å². The summed E-state index contributed by atoms with van der Waals surface area (Å²) in [5.41, 5.74) is 1.90. The van der Waals surface area contributed by atoms with Crippen molar-refractivity contribution in [1.29, 1.82) is 0 Å². The molecule has 196 valence electrons. The van der Waals surface area contributed by atoms with Gasteiger partial charge in [-0.1, -0.05) is 12.1 Å². The minimum atomic E-state index is -3.85. The summed E-state index contributed by atoms with van der Waals surface area (Å²) in [6.45, 7) is 4.04. The second-order valence-corrected chi connectivity index (χ2v) is 12.1. The molecule has 1 aliphatic rings. The first-order chi connectivity index (χ1) is 17.4. The Bertz CT molecular complexity index is 1520. The molecule has 0 spiro atoms. The molecule has 10 nitrogen and oxygen atoms in total. The first-order valence-corrected chi connectivity index (χ1v) is 14.7. The Hall–Kier alpha value is -3.77. The summed E-state index contributed by atoms with van der Waals surface area (Å²) in [4.78, 5) is 13.0. The Morgan fingerprint density at radius 2 is 1.57 bits per heavy atom. The normalized spacial score (nSPS) is 13.9. The van der Waals surface area contributed by atoms with E-state index in [0.717, 1.165) is 16.1 Å². The molecule has 0 aliphatic carbocycles. The molecule has 1 aliphatic heterocycles. The minimum Gasteiger partial charge on any atom is -0.486 e. The lowest BCUT2D eigenvalue weighted by atomic mass is 10.2. The average Bonchev–Trinajstić information content (AvgIpc) is 2.83. The van der Waals surface area contributed by atoms with Gasteiger partial charge in [-0.3, -0.25) is 13.8 Å². The smallest absolute Gasteiger partial charge is 0.261 e. The van der Waals surface area contributed by atoms with E-state index in [1.54, 1.807) is 30.3 Å². The number of aryl methyl sites for hydroxylation is 1. The van der Waals surface area contributed by atoms with Crippen LogP contribution in [0.1, 0.15) is 12.5 Å². The summed E-state index contributed by atoms with van der Waals surface area (Å²) in [5, 5.41) is 2.65. The zero-order valence-electron chi connectivity index (χ0n) is 20.5. The lowest BCUT2D eigenvalue weighted by Crippen LogP contribution is -2.45. The maximum absolute atomic E-state index is 13.0. The van der Waals surface area contributed by atoms with Gasteiger partial charge in [-0.25, -0.2) is 16.8 Å². The van der Waals surface area contributed by atoms with E-state index in [9.17, 15) is 21.6 Å². The highest BCUT2D eigenvalue weighted by atomic mass is 32.2. The topological polar surface area (TPSA) is 131 Å². The van der Waals surface area contributed by atoms with Gasteiger partial charge in [-0.05, 0) is 67.9 Å². The van der Waals surface area contributed by atoms with E-state index in [1.807, 2.05) is 13.0 Å². The highest BCUT2D eigenvalue weighted by molar-refractivity contribution is 7.92. The van der Waals surface area contributed by atoms with Gasteiger partial charge in [0.15, 0.2) is 11.5 Å². The Morgan fingerprint density at radius 1 is 0.892 bits per heavy atom. The van der Waals surface area contributed by atoms with Crippen LogP contribution in [0.5, 0.6) is 11.5 Å². The second-order valence-electron chi connectivity index (χ2n) is 8.55. The van der Waals surface area contributed by atoms with Crippen LogP contribution in [0.2, 0.25) is 0 Å². The number of ether oxygens (including phenoxy) is 2. The fourth-order valence-electron chi connectivity index (χ4n) is 3.86. The number of carbonyl (C=O) groups is 1. The van der Waals surface area contributed by atoms with Crippen molar-refractivity contribution in [3.05, 3.63) is 72.3 Å². The second kappa shape index (κ2) is 10.3. The summed E-state index contributed by atoms with van der Waals surface area (Å²) < 4.78 is 65.2. The maximum Gasteiger partial charge on any atom is 0.261 e. The van der Waals surface area contributed by atoms with Crippen molar-refractivity contribution in [2.75, 3.05) is 33.8 Å². The molecule has 4 rings (SSSR count). The number of sulfonamides is 2. The van der Waals surface area contributed by atoms with E-state index in [0.29, 0.717) is 36.1 Å². The first kappa shape index (κ1) is 26.3. The lowest BCUT2D eigenvalue weighted by Gasteiger charge is -2.29. The van der Waals surface area contributed by atoms with Crippen LogP contribution in [0.25, 0.3) is 0 Å². The predicted octanol–water partition coefficient (Wildman–Crippen LogP) is 3.36. The number of fused-ring (bicyclic) bond motifs is 1. The predicted molar refractivity (Wildman–Crippen MR) is 141 cm³/mol. The van der Waals surface area contributed by atoms with Crippen LogP contribution in [-0.2, 0) is 24.8 Å². The standard InChI is InChI=1S/C25H27N3O7S2/c1-17-5-4-6-20(15-17)27-37(32,33)22-10-7-19(8-11-22)26-25(29)18(2)28(36(3,30)31)21-9-12-23-24(16-21)35-14-13-34-23/h4-12,15-16,18,27H,13-14H2,1-3H3,(H,26,29)/t18-/m1/s1. The van der Waals surface area contributed by atoms with Crippen LogP contribution < -0.4 is 23.8 Å². The molecule has 0 fully saturated rings. The van der Waals surface area contributed by atoms with E-state index in [4.69, 9.17) is 9.47 Å². The number of hydrogen-bond acceptors (Lipinski definition) is 7. The van der Waals surface area contributed by atoms with Gasteiger partial charge in [0, 0.05) is 17.4 Å². The van der Waals surface area contributed by atoms with Crippen molar-refractivity contribution in [1.82, 2.24) is 0 Å². The largest absolute Gasteiger partial charge is 0.486 e. The van der Waals surface area contributed by atoms with Crippen molar-refractivity contribution in [2.45, 2.75) is 24.8 Å². The highest BCUT2D eigenvalue weighted by Gasteiger charge is 2.30. The molecular weight excluding hydrogens is 518 g/mol. The Morgan fingerprint density at radius 3 is 2.22 bits per heavy atom. The van der Waals surface area contributed by atoms with Crippen LogP contribution in [-0.4, -0.2) is 48.3 Å². The molecule has 0 aromatic heterocycles. The number of benzene rings is 3. The molecule has 2 N–H and O–H groups in total. The van der Waals surface area contributed by atoms with Gasteiger partial charge in [0.2, 0.25) is 15.9 Å². The van der Waals surface area contributed by atoms with Crippen LogP contribution in [0.4, 0.5) is 17.1 Å². The molecular formula is C25H27N3O7S2. The van der Waals surface area contributed by atoms with Gasteiger partial charge >= 0.3 is 0 Å². The van der Waals surface area contributed by atoms with E-state index >= 15 is 0 Å². The van der Waals surface area contributed by atoms with Gasteiger partial charge < -0.3 is 14.8 Å². The molecule has 12 heteroatoms. The first-order valence-electron chi connectivity index (χ1n) is 11.3. The van der Waals surface area contributed by atoms with Gasteiger partial charge in [-0.15, -0.1) is 0 Å². The molecule has 0 radical (unpaired) electrons. The highest BCUT2D eigenvalue weighted by Crippen LogP contribution is 2.35. The van der Waals surface area contributed by atoms with Crippen LogP contribution in [0.3, 0.4) is 0 Å². The summed E-state index contributed by atoms with van der Waals surface area (Å²) >= 11 is 0. The van der Waals surface area contributed by atoms with Gasteiger partial charge in [0.05, 0.1) is 16.8 Å². The Labute approximate surface area is 216 Å². The van der Waals surface area contributed by atoms with Gasteiger partial charge in [0.25, 0.3) is 10.0 Å². The van der Waals surface area contributed by atoms with Crippen molar-refractivity contribution in [3.63, 3.8) is 0 Å². The zero-order valence-corrected chi connectivity index (χ0v) is 22.1. The molecule has 1 atom stereocenters. The quantitative estimate of drug-likeness (QED) is 0.444. The summed E-state index contributed by atoms with van der Waals surface area (Å²) in [6.07, 6.45) is 1.01. The molecule has 0 saturated heterocycles. The number of anilines is 3. The third-order valence-electron chi connectivity index (χ3n) is 5.57. The molecule has 3 aromatic carbocycles. The summed E-state index contributed by atoms with van der Waals surface area (Å²) in [5.74, 6) is 0.280. The van der Waals surface area contributed by atoms with Crippen molar-refractivity contribution in [2.24, 2.45) is 0 Å². The third kappa shape index (κ3) is 6.15. The number of nitrogens with zero attached hydrogens (tertiary/aromatic N) is 1. The van der Waals surface area contributed by atoms with Crippen molar-refractivity contribution in [3.8, 4) is 11.5 Å². The number of amides is 1. The molecule has 0 bridgehead atoms. The summed E-state index contributed by atoms with van der Waals surface area (Å²) in [6, 6.07) is 16.1. The zero-order chi connectivity index (χ0) is 26.8. The van der Waals surface area contributed by atoms with Gasteiger partial charge in [0.1, 0.15) is 19.3 Å². The van der Waals surface area contributed by atoms with E-state index < -0.39 is 32.0 Å². The number of hydrogen-bond donors (Lipinski definition) is 2. The molecule has 1 amide bonds. The number of rotatable bonds is 8. The Balaban J connectivity index is 1.50. The average molecular weight is 546 g/mol. The third-order valence-corrected chi connectivity index (χ3v) is 8.21. The van der Waals surface area contributed by atoms with Gasteiger partial charge in [-0.2, -0.15) is 0 Å². The van der Waals surface area contributed by atoms with E-state index in [1.165, 1.54) is 37.3 Å². The van der Waals surface area contributed by atoms with Crippen LogP contribution >= 0.6 is 0 Å². The maximum atomic E-state index is 13.0. The molecule has 1 heterocycles. The van der Waals surface area contributed by atoms with Crippen LogP contribution in [0.15, 0.2) is 71.6 Å². The lowest BCUT2D eigenvalue weighted by molar-refractivity contribution is -0.116. The molecule has 3 aromatic rings. The number of carbonyl (C=O) groups excluding carboxylic acids is 1.